The lowest BCUT2D eigenvalue weighted by Crippen LogP contribution is -2.47. The molecule has 0 spiro atoms. The van der Waals surface area contributed by atoms with Crippen LogP contribution < -0.4 is 14.8 Å². The van der Waals surface area contributed by atoms with Gasteiger partial charge in [0.25, 0.3) is 0 Å². The molecular formula is C16H22N2O5. The van der Waals surface area contributed by atoms with Gasteiger partial charge in [0.05, 0.1) is 6.61 Å². The average molecular weight is 322 g/mol. The van der Waals surface area contributed by atoms with Crippen LogP contribution in [0.2, 0.25) is 0 Å². The number of hydrogen-bond donors (Lipinski definition) is 2. The fourth-order valence-electron chi connectivity index (χ4n) is 3.00. The van der Waals surface area contributed by atoms with E-state index in [0.717, 1.165) is 31.5 Å². The van der Waals surface area contributed by atoms with Gasteiger partial charge in [-0.2, -0.15) is 0 Å². The number of carbonyl (C=O) groups is 1. The summed E-state index contributed by atoms with van der Waals surface area (Å²) in [6, 6.07) is 3.48. The second kappa shape index (κ2) is 6.95. The molecule has 2 N–H and O–H groups in total. The van der Waals surface area contributed by atoms with Crippen molar-refractivity contribution in [3.8, 4) is 17.2 Å². The SMILES string of the molecule is CCOC(=O)N[C@H]1CCCN(Cc2cc3c(cc2O)OCO3)C1. The van der Waals surface area contributed by atoms with Crippen LogP contribution in [0.5, 0.6) is 17.2 Å². The average Bonchev–Trinajstić information content (AvgIpc) is 2.95. The van der Waals surface area contributed by atoms with Crippen LogP contribution in [0.4, 0.5) is 4.79 Å². The lowest BCUT2D eigenvalue weighted by Gasteiger charge is -2.33. The van der Waals surface area contributed by atoms with Gasteiger partial charge >= 0.3 is 6.09 Å². The molecule has 7 heteroatoms. The zero-order valence-corrected chi connectivity index (χ0v) is 13.2. The second-order valence-corrected chi connectivity index (χ2v) is 5.77. The number of piperidine rings is 1. The molecule has 1 saturated heterocycles. The molecule has 1 amide bonds. The van der Waals surface area contributed by atoms with Crippen LogP contribution in [0.3, 0.4) is 0 Å². The quantitative estimate of drug-likeness (QED) is 0.880. The third kappa shape index (κ3) is 3.79. The number of aromatic hydroxyl groups is 1. The Bertz CT molecular complexity index is 578. The van der Waals surface area contributed by atoms with Crippen LogP contribution in [0.15, 0.2) is 12.1 Å². The Labute approximate surface area is 135 Å². The first-order chi connectivity index (χ1) is 11.2. The number of nitrogens with zero attached hydrogens (tertiary/aromatic N) is 1. The number of phenolic OH excluding ortho intramolecular Hbond substituents is 1. The molecule has 1 aromatic carbocycles. The summed E-state index contributed by atoms with van der Waals surface area (Å²) in [6.45, 7) is 4.60. The number of rotatable bonds is 4. The number of likely N-dealkylation sites (tertiary alicyclic amines) is 1. The Kier molecular flexibility index (Phi) is 4.76. The van der Waals surface area contributed by atoms with Gasteiger partial charge < -0.3 is 24.6 Å². The minimum absolute atomic E-state index is 0.0685. The zero-order chi connectivity index (χ0) is 16.2. The highest BCUT2D eigenvalue weighted by atomic mass is 16.7. The Morgan fingerprint density at radius 3 is 3.00 bits per heavy atom. The van der Waals surface area contributed by atoms with E-state index in [0.29, 0.717) is 24.7 Å². The van der Waals surface area contributed by atoms with Crippen molar-refractivity contribution in [3.63, 3.8) is 0 Å². The first-order valence-corrected chi connectivity index (χ1v) is 7.93. The van der Waals surface area contributed by atoms with Crippen molar-refractivity contribution >= 4 is 6.09 Å². The molecule has 0 aromatic heterocycles. The number of alkyl carbamates (subject to hydrolysis) is 1. The summed E-state index contributed by atoms with van der Waals surface area (Å²) in [5.41, 5.74) is 0.797. The largest absolute Gasteiger partial charge is 0.507 e. The number of hydrogen-bond acceptors (Lipinski definition) is 6. The van der Waals surface area contributed by atoms with E-state index < -0.39 is 0 Å². The van der Waals surface area contributed by atoms with Gasteiger partial charge in [0, 0.05) is 30.8 Å². The fourth-order valence-corrected chi connectivity index (χ4v) is 3.00. The number of nitrogens with one attached hydrogen (secondary N) is 1. The maximum atomic E-state index is 11.5. The smallest absolute Gasteiger partial charge is 0.407 e. The van der Waals surface area contributed by atoms with E-state index in [-0.39, 0.29) is 24.7 Å². The molecule has 0 aliphatic carbocycles. The van der Waals surface area contributed by atoms with Crippen LogP contribution >= 0.6 is 0 Å². The number of amides is 1. The highest BCUT2D eigenvalue weighted by Crippen LogP contribution is 2.38. The highest BCUT2D eigenvalue weighted by molar-refractivity contribution is 5.67. The summed E-state index contributed by atoms with van der Waals surface area (Å²) >= 11 is 0. The molecule has 1 fully saturated rings. The summed E-state index contributed by atoms with van der Waals surface area (Å²) in [5, 5.41) is 13.0. The van der Waals surface area contributed by atoms with Gasteiger partial charge in [-0.3, -0.25) is 4.90 Å². The van der Waals surface area contributed by atoms with Crippen LogP contribution in [-0.4, -0.2) is 48.6 Å². The maximum Gasteiger partial charge on any atom is 0.407 e. The molecule has 1 aromatic rings. The zero-order valence-electron chi connectivity index (χ0n) is 13.2. The van der Waals surface area contributed by atoms with Crippen molar-refractivity contribution in [2.24, 2.45) is 0 Å². The minimum atomic E-state index is -0.370. The number of benzene rings is 1. The number of ether oxygens (including phenoxy) is 3. The maximum absolute atomic E-state index is 11.5. The van der Waals surface area contributed by atoms with Crippen LogP contribution in [0.25, 0.3) is 0 Å². The molecule has 1 atom stereocenters. The van der Waals surface area contributed by atoms with Gasteiger partial charge in [-0.05, 0) is 32.4 Å². The molecule has 0 bridgehead atoms. The van der Waals surface area contributed by atoms with E-state index in [9.17, 15) is 9.90 Å². The first-order valence-electron chi connectivity index (χ1n) is 7.93. The lowest BCUT2D eigenvalue weighted by molar-refractivity contribution is 0.132. The molecule has 0 radical (unpaired) electrons. The Morgan fingerprint density at radius 1 is 1.43 bits per heavy atom. The standard InChI is InChI=1S/C16H22N2O5/c1-2-21-16(20)17-12-4-3-5-18(9-12)8-11-6-14-15(7-13(11)19)23-10-22-14/h6-7,12,19H,2-5,8-10H2,1H3,(H,17,20)/t12-/m0/s1. The number of fused-ring (bicyclic) bond motifs is 1. The molecule has 0 saturated carbocycles. The van der Waals surface area contributed by atoms with Crippen LogP contribution in [0.1, 0.15) is 25.3 Å². The van der Waals surface area contributed by atoms with Crippen LogP contribution in [-0.2, 0) is 11.3 Å². The lowest BCUT2D eigenvalue weighted by atomic mass is 10.0. The Morgan fingerprint density at radius 2 is 2.22 bits per heavy atom. The fraction of sp³-hybridized carbons (Fsp3) is 0.562. The van der Waals surface area contributed by atoms with E-state index in [1.165, 1.54) is 0 Å². The van der Waals surface area contributed by atoms with Crippen molar-refractivity contribution in [1.29, 1.82) is 0 Å². The molecule has 126 valence electrons. The molecule has 3 rings (SSSR count). The van der Waals surface area contributed by atoms with Gasteiger partial charge in [0.1, 0.15) is 5.75 Å². The topological polar surface area (TPSA) is 80.3 Å². The molecule has 23 heavy (non-hydrogen) atoms. The summed E-state index contributed by atoms with van der Waals surface area (Å²) in [5.74, 6) is 1.44. The molecular weight excluding hydrogens is 300 g/mol. The third-order valence-corrected chi connectivity index (χ3v) is 4.07. The molecule has 7 nitrogen and oxygen atoms in total. The first kappa shape index (κ1) is 15.7. The minimum Gasteiger partial charge on any atom is -0.507 e. The predicted molar refractivity (Wildman–Crippen MR) is 82.7 cm³/mol. The van der Waals surface area contributed by atoms with Crippen molar-refractivity contribution in [2.45, 2.75) is 32.4 Å². The van der Waals surface area contributed by atoms with E-state index >= 15 is 0 Å². The summed E-state index contributed by atoms with van der Waals surface area (Å²) in [4.78, 5) is 13.7. The van der Waals surface area contributed by atoms with Gasteiger partial charge in [0.2, 0.25) is 6.79 Å². The van der Waals surface area contributed by atoms with Crippen LogP contribution in [0, 0.1) is 0 Å². The molecule has 2 aliphatic rings. The summed E-state index contributed by atoms with van der Waals surface area (Å²) < 4.78 is 15.5. The third-order valence-electron chi connectivity index (χ3n) is 4.07. The molecule has 2 aliphatic heterocycles. The van der Waals surface area contributed by atoms with E-state index in [1.807, 2.05) is 6.07 Å². The van der Waals surface area contributed by atoms with E-state index in [1.54, 1.807) is 13.0 Å². The molecule has 0 unspecified atom stereocenters. The Hall–Kier alpha value is -2.15. The van der Waals surface area contributed by atoms with Gasteiger partial charge in [0.15, 0.2) is 11.5 Å². The highest BCUT2D eigenvalue weighted by Gasteiger charge is 2.24. The summed E-state index contributed by atoms with van der Waals surface area (Å²) in [6.07, 6.45) is 1.55. The van der Waals surface area contributed by atoms with E-state index in [2.05, 4.69) is 10.2 Å². The monoisotopic (exact) mass is 322 g/mol. The predicted octanol–water partition coefficient (Wildman–Crippen LogP) is 1.83. The normalized spacial score (nSPS) is 20.3. The van der Waals surface area contributed by atoms with Gasteiger partial charge in [-0.25, -0.2) is 4.79 Å². The van der Waals surface area contributed by atoms with E-state index in [4.69, 9.17) is 14.2 Å². The van der Waals surface area contributed by atoms with Crippen molar-refractivity contribution in [1.82, 2.24) is 10.2 Å². The van der Waals surface area contributed by atoms with Crippen molar-refractivity contribution < 1.29 is 24.1 Å². The van der Waals surface area contributed by atoms with Gasteiger partial charge in [-0.15, -0.1) is 0 Å². The van der Waals surface area contributed by atoms with Crippen molar-refractivity contribution in [2.75, 3.05) is 26.5 Å². The molecule has 2 heterocycles. The number of phenols is 1. The Balaban J connectivity index is 1.60. The summed E-state index contributed by atoms with van der Waals surface area (Å²) in [7, 11) is 0. The number of carbonyl (C=O) groups excluding carboxylic acids is 1. The van der Waals surface area contributed by atoms with Crippen molar-refractivity contribution in [3.05, 3.63) is 17.7 Å². The second-order valence-electron chi connectivity index (χ2n) is 5.77. The van der Waals surface area contributed by atoms with Gasteiger partial charge in [-0.1, -0.05) is 0 Å².